The summed E-state index contributed by atoms with van der Waals surface area (Å²) in [5.74, 6) is 0.750. The smallest absolute Gasteiger partial charge is 0.00938 e. The Morgan fingerprint density at radius 3 is 2.25 bits per heavy atom. The summed E-state index contributed by atoms with van der Waals surface area (Å²) in [6, 6.07) is 1.41. The second-order valence-electron chi connectivity index (χ2n) is 4.22. The lowest BCUT2D eigenvalue weighted by Gasteiger charge is -2.28. The van der Waals surface area contributed by atoms with Gasteiger partial charge in [0, 0.05) is 12.1 Å². The van der Waals surface area contributed by atoms with Gasteiger partial charge in [-0.3, -0.25) is 0 Å². The zero-order chi connectivity index (χ0) is 8.97. The van der Waals surface area contributed by atoms with Crippen molar-refractivity contribution in [2.75, 3.05) is 13.1 Å². The van der Waals surface area contributed by atoms with Crippen LogP contribution in [-0.2, 0) is 0 Å². The Balaban J connectivity index is 2.20. The molecular weight excluding hydrogens is 148 g/mol. The van der Waals surface area contributed by atoms with Gasteiger partial charge in [0.1, 0.15) is 0 Å². The van der Waals surface area contributed by atoms with E-state index in [2.05, 4.69) is 31.4 Å². The Kier molecular flexibility index (Phi) is 4.02. The zero-order valence-corrected chi connectivity index (χ0v) is 8.56. The van der Waals surface area contributed by atoms with E-state index in [1.807, 2.05) is 0 Å². The number of rotatable bonds is 3. The van der Waals surface area contributed by atoms with Crippen LogP contribution < -0.4 is 10.6 Å². The zero-order valence-electron chi connectivity index (χ0n) is 8.56. The highest BCUT2D eigenvalue weighted by Gasteiger charge is 2.16. The Bertz CT molecular complexity index is 117. The first-order valence-electron chi connectivity index (χ1n) is 5.17. The summed E-state index contributed by atoms with van der Waals surface area (Å²) in [5, 5.41) is 7.06. The summed E-state index contributed by atoms with van der Waals surface area (Å²) in [6.45, 7) is 9.20. The number of piperidine rings is 1. The first-order valence-corrected chi connectivity index (χ1v) is 5.17. The van der Waals surface area contributed by atoms with Crippen molar-refractivity contribution in [3.05, 3.63) is 0 Å². The van der Waals surface area contributed by atoms with Gasteiger partial charge in [0.2, 0.25) is 0 Å². The lowest BCUT2D eigenvalue weighted by atomic mass is 10.0. The minimum Gasteiger partial charge on any atom is -0.317 e. The first kappa shape index (κ1) is 10.0. The molecule has 1 heterocycles. The lowest BCUT2D eigenvalue weighted by Crippen LogP contribution is -2.45. The molecule has 72 valence electrons. The van der Waals surface area contributed by atoms with Gasteiger partial charge in [0.15, 0.2) is 0 Å². The Morgan fingerprint density at radius 1 is 1.17 bits per heavy atom. The summed E-state index contributed by atoms with van der Waals surface area (Å²) >= 11 is 0. The molecule has 0 spiro atoms. The van der Waals surface area contributed by atoms with E-state index in [-0.39, 0.29) is 0 Å². The maximum absolute atomic E-state index is 3.68. The van der Waals surface area contributed by atoms with E-state index in [1.165, 1.54) is 25.9 Å². The molecule has 0 radical (unpaired) electrons. The number of hydrogen-bond donors (Lipinski definition) is 2. The largest absolute Gasteiger partial charge is 0.317 e. The molecule has 0 aromatic carbocycles. The van der Waals surface area contributed by atoms with Gasteiger partial charge in [-0.05, 0) is 38.8 Å². The summed E-state index contributed by atoms with van der Waals surface area (Å²) in [6.07, 6.45) is 2.58. The minimum absolute atomic E-state index is 0.660. The molecule has 2 nitrogen and oxygen atoms in total. The highest BCUT2D eigenvalue weighted by atomic mass is 15.0. The first-order chi connectivity index (χ1) is 5.70. The van der Waals surface area contributed by atoms with E-state index in [0.717, 1.165) is 12.0 Å². The second-order valence-corrected chi connectivity index (χ2v) is 4.22. The van der Waals surface area contributed by atoms with E-state index in [1.54, 1.807) is 0 Å². The van der Waals surface area contributed by atoms with E-state index < -0.39 is 0 Å². The second kappa shape index (κ2) is 4.83. The molecule has 1 unspecified atom stereocenters. The third-order valence-corrected chi connectivity index (χ3v) is 2.84. The minimum atomic E-state index is 0.660. The van der Waals surface area contributed by atoms with Crippen LogP contribution in [0.4, 0.5) is 0 Å². The van der Waals surface area contributed by atoms with E-state index >= 15 is 0 Å². The van der Waals surface area contributed by atoms with E-state index in [9.17, 15) is 0 Å². The number of nitrogens with one attached hydrogen (secondary N) is 2. The van der Waals surface area contributed by atoms with Crippen LogP contribution in [0.1, 0.15) is 33.6 Å². The van der Waals surface area contributed by atoms with Crippen molar-refractivity contribution in [3.8, 4) is 0 Å². The highest BCUT2D eigenvalue weighted by Crippen LogP contribution is 2.07. The topological polar surface area (TPSA) is 24.1 Å². The van der Waals surface area contributed by atoms with Crippen LogP contribution >= 0.6 is 0 Å². The summed E-state index contributed by atoms with van der Waals surface area (Å²) < 4.78 is 0. The van der Waals surface area contributed by atoms with Gasteiger partial charge in [-0.15, -0.1) is 0 Å². The predicted octanol–water partition coefficient (Wildman–Crippen LogP) is 1.37. The summed E-state index contributed by atoms with van der Waals surface area (Å²) in [4.78, 5) is 0. The fourth-order valence-corrected chi connectivity index (χ4v) is 1.55. The molecule has 2 heteroatoms. The van der Waals surface area contributed by atoms with Crippen LogP contribution in [0.15, 0.2) is 0 Å². The Hall–Kier alpha value is -0.0800. The normalized spacial score (nSPS) is 23.0. The molecule has 0 amide bonds. The van der Waals surface area contributed by atoms with Gasteiger partial charge in [-0.2, -0.15) is 0 Å². The van der Waals surface area contributed by atoms with Crippen LogP contribution in [0.25, 0.3) is 0 Å². The summed E-state index contributed by atoms with van der Waals surface area (Å²) in [7, 11) is 0. The predicted molar refractivity (Wildman–Crippen MR) is 53.3 cm³/mol. The van der Waals surface area contributed by atoms with Crippen LogP contribution in [0.2, 0.25) is 0 Å². The molecule has 0 aromatic heterocycles. The SMILES string of the molecule is CC(C)C(C)NC1CCNCC1. The molecule has 2 N–H and O–H groups in total. The average Bonchev–Trinajstić information content (AvgIpc) is 2.06. The van der Waals surface area contributed by atoms with Crippen molar-refractivity contribution >= 4 is 0 Å². The van der Waals surface area contributed by atoms with E-state index in [0.29, 0.717) is 6.04 Å². The van der Waals surface area contributed by atoms with Gasteiger partial charge in [0.05, 0.1) is 0 Å². The molecule has 0 aromatic rings. The Morgan fingerprint density at radius 2 is 1.75 bits per heavy atom. The van der Waals surface area contributed by atoms with Crippen LogP contribution in [0.5, 0.6) is 0 Å². The van der Waals surface area contributed by atoms with Crippen molar-refractivity contribution in [3.63, 3.8) is 0 Å². The number of hydrogen-bond acceptors (Lipinski definition) is 2. The molecule has 1 aliphatic rings. The average molecular weight is 170 g/mol. The Labute approximate surface area is 76.1 Å². The standard InChI is InChI=1S/C10H22N2/c1-8(2)9(3)12-10-4-6-11-7-5-10/h8-12H,4-7H2,1-3H3. The summed E-state index contributed by atoms with van der Waals surface area (Å²) in [5.41, 5.74) is 0. The maximum atomic E-state index is 3.68. The monoisotopic (exact) mass is 170 g/mol. The molecule has 1 rings (SSSR count). The van der Waals surface area contributed by atoms with Gasteiger partial charge in [-0.1, -0.05) is 13.8 Å². The van der Waals surface area contributed by atoms with Crippen molar-refractivity contribution in [2.45, 2.75) is 45.7 Å². The quantitative estimate of drug-likeness (QED) is 0.668. The van der Waals surface area contributed by atoms with Gasteiger partial charge >= 0.3 is 0 Å². The molecule has 0 saturated carbocycles. The van der Waals surface area contributed by atoms with Crippen LogP contribution in [0, 0.1) is 5.92 Å². The fraction of sp³-hybridized carbons (Fsp3) is 1.00. The molecule has 1 atom stereocenters. The van der Waals surface area contributed by atoms with Gasteiger partial charge < -0.3 is 10.6 Å². The van der Waals surface area contributed by atoms with Crippen LogP contribution in [0.3, 0.4) is 0 Å². The van der Waals surface area contributed by atoms with Crippen molar-refractivity contribution in [1.82, 2.24) is 10.6 Å². The lowest BCUT2D eigenvalue weighted by molar-refractivity contribution is 0.318. The fourth-order valence-electron chi connectivity index (χ4n) is 1.55. The molecule has 0 aliphatic carbocycles. The van der Waals surface area contributed by atoms with Gasteiger partial charge in [-0.25, -0.2) is 0 Å². The molecule has 12 heavy (non-hydrogen) atoms. The molecule has 1 aliphatic heterocycles. The highest BCUT2D eigenvalue weighted by molar-refractivity contribution is 4.78. The van der Waals surface area contributed by atoms with E-state index in [4.69, 9.17) is 0 Å². The van der Waals surface area contributed by atoms with Crippen molar-refractivity contribution in [1.29, 1.82) is 0 Å². The molecule has 1 saturated heterocycles. The third-order valence-electron chi connectivity index (χ3n) is 2.84. The third kappa shape index (κ3) is 3.11. The van der Waals surface area contributed by atoms with Crippen molar-refractivity contribution < 1.29 is 0 Å². The molecular formula is C10H22N2. The van der Waals surface area contributed by atoms with Gasteiger partial charge in [0.25, 0.3) is 0 Å². The van der Waals surface area contributed by atoms with Crippen LogP contribution in [-0.4, -0.2) is 25.2 Å². The van der Waals surface area contributed by atoms with Crippen molar-refractivity contribution in [2.24, 2.45) is 5.92 Å². The molecule has 0 bridgehead atoms. The maximum Gasteiger partial charge on any atom is 0.00938 e. The molecule has 1 fully saturated rings.